The topological polar surface area (TPSA) is 40.5 Å². The lowest BCUT2D eigenvalue weighted by Gasteiger charge is -2.05. The summed E-state index contributed by atoms with van der Waals surface area (Å²) in [4.78, 5) is 0. The van der Waals surface area contributed by atoms with Crippen LogP contribution in [0.1, 0.15) is 56.9 Å². The Morgan fingerprint density at radius 2 is 1.52 bits per heavy atom. The quantitative estimate of drug-likeness (QED) is 0.280. The first kappa shape index (κ1) is 19.1. The van der Waals surface area contributed by atoms with Crippen LogP contribution in [0.25, 0.3) is 0 Å². The third kappa shape index (κ3) is 8.92. The van der Waals surface area contributed by atoms with Crippen molar-refractivity contribution >= 4 is 0 Å². The molecule has 0 aromatic heterocycles. The maximum absolute atomic E-state index is 9.72. The third-order valence-electron chi connectivity index (χ3n) is 3.82. The first-order valence-corrected chi connectivity index (χ1v) is 8.66. The molecule has 0 heterocycles. The van der Waals surface area contributed by atoms with E-state index in [0.717, 1.165) is 37.7 Å². The summed E-state index contributed by atoms with van der Waals surface area (Å²) in [7, 11) is 0. The zero-order valence-electron chi connectivity index (χ0n) is 14.1. The molecule has 0 aliphatic carbocycles. The fourth-order valence-corrected chi connectivity index (χ4v) is 2.47. The van der Waals surface area contributed by atoms with Gasteiger partial charge >= 0.3 is 0 Å². The molecule has 1 rings (SSSR count). The molecule has 0 radical (unpaired) electrons. The zero-order valence-corrected chi connectivity index (χ0v) is 14.1. The maximum atomic E-state index is 9.72. The average molecular weight is 314 g/mol. The molecule has 0 aliphatic rings. The number of benzene rings is 1. The van der Waals surface area contributed by atoms with Crippen molar-refractivity contribution in [3.8, 4) is 11.5 Å². The number of hydrogen-bond donors (Lipinski definition) is 2. The number of unbranched alkanes of at least 4 members (excludes halogenated alkanes) is 5. The molecular weight excluding hydrogens is 284 g/mol. The molecule has 23 heavy (non-hydrogen) atoms. The number of aryl methyl sites for hydroxylation is 1. The first-order valence-electron chi connectivity index (χ1n) is 8.66. The second-order valence-corrected chi connectivity index (χ2v) is 5.79. The smallest absolute Gasteiger partial charge is 0.160 e. The summed E-state index contributed by atoms with van der Waals surface area (Å²) < 4.78 is 0. The summed E-state index contributed by atoms with van der Waals surface area (Å²) in [6.07, 6.45) is 20.6. The highest BCUT2D eigenvalue weighted by Crippen LogP contribution is 2.29. The number of phenolic OH excluding ortho intramolecular Hbond substituents is 2. The van der Waals surface area contributed by atoms with Crippen LogP contribution in [0, 0.1) is 0 Å². The molecule has 0 atom stereocenters. The second-order valence-electron chi connectivity index (χ2n) is 5.79. The van der Waals surface area contributed by atoms with Crippen molar-refractivity contribution in [3.63, 3.8) is 0 Å². The molecule has 2 heteroatoms. The van der Waals surface area contributed by atoms with Crippen molar-refractivity contribution in [2.75, 3.05) is 0 Å². The van der Waals surface area contributed by atoms with Gasteiger partial charge in [0.2, 0.25) is 0 Å². The van der Waals surface area contributed by atoms with E-state index in [1.165, 1.54) is 31.7 Å². The van der Waals surface area contributed by atoms with Crippen LogP contribution in [0.2, 0.25) is 0 Å². The van der Waals surface area contributed by atoms with Crippen molar-refractivity contribution in [1.29, 1.82) is 0 Å². The van der Waals surface area contributed by atoms with Gasteiger partial charge in [-0.2, -0.15) is 0 Å². The summed E-state index contributed by atoms with van der Waals surface area (Å²) in [5, 5.41) is 19.2. The minimum Gasteiger partial charge on any atom is -0.504 e. The van der Waals surface area contributed by atoms with Crippen LogP contribution in [0.5, 0.6) is 11.5 Å². The standard InChI is InChI=1S/C21H30O2/c1-2-3-4-5-6-7-8-9-10-11-12-13-14-16-19-17-15-18-20(22)21(19)23/h2,4-5,7-8,15,17-18,22-23H,1,3,6,9-14,16H2/b5-4+,8-7-. The van der Waals surface area contributed by atoms with Crippen LogP contribution in [-0.4, -0.2) is 10.2 Å². The van der Waals surface area contributed by atoms with Crippen molar-refractivity contribution in [2.45, 2.75) is 57.8 Å². The van der Waals surface area contributed by atoms with Gasteiger partial charge in [-0.15, -0.1) is 6.58 Å². The largest absolute Gasteiger partial charge is 0.504 e. The van der Waals surface area contributed by atoms with E-state index in [1.54, 1.807) is 6.07 Å². The van der Waals surface area contributed by atoms with Crippen LogP contribution < -0.4 is 0 Å². The van der Waals surface area contributed by atoms with Crippen molar-refractivity contribution in [2.24, 2.45) is 0 Å². The highest BCUT2D eigenvalue weighted by Gasteiger charge is 2.04. The number of allylic oxidation sites excluding steroid dienone is 5. The molecular formula is C21H30O2. The minimum absolute atomic E-state index is 0.0198. The summed E-state index contributed by atoms with van der Waals surface area (Å²) in [5.74, 6) is 0.0217. The van der Waals surface area contributed by atoms with Gasteiger partial charge in [0.05, 0.1) is 0 Å². The fourth-order valence-electron chi connectivity index (χ4n) is 2.47. The predicted octanol–water partition coefficient (Wildman–Crippen LogP) is 6.06. The highest BCUT2D eigenvalue weighted by molar-refractivity contribution is 5.44. The highest BCUT2D eigenvalue weighted by atomic mass is 16.3. The Balaban J connectivity index is 1.98. The summed E-state index contributed by atoms with van der Waals surface area (Å²) in [5.41, 5.74) is 0.845. The van der Waals surface area contributed by atoms with Gasteiger partial charge in [-0.05, 0) is 50.2 Å². The molecule has 1 aromatic rings. The normalized spacial score (nSPS) is 11.5. The molecule has 0 fully saturated rings. The molecule has 0 spiro atoms. The van der Waals surface area contributed by atoms with Gasteiger partial charge < -0.3 is 10.2 Å². The maximum Gasteiger partial charge on any atom is 0.160 e. The van der Waals surface area contributed by atoms with Gasteiger partial charge in [0, 0.05) is 0 Å². The van der Waals surface area contributed by atoms with Gasteiger partial charge in [0.25, 0.3) is 0 Å². The molecule has 126 valence electrons. The number of phenols is 2. The Hall–Kier alpha value is -1.96. The van der Waals surface area contributed by atoms with E-state index >= 15 is 0 Å². The van der Waals surface area contributed by atoms with Crippen LogP contribution in [-0.2, 0) is 6.42 Å². The molecule has 0 aliphatic heterocycles. The van der Waals surface area contributed by atoms with Gasteiger partial charge in [0.1, 0.15) is 0 Å². The minimum atomic E-state index is -0.0198. The van der Waals surface area contributed by atoms with E-state index in [4.69, 9.17) is 0 Å². The Labute approximate surface area is 140 Å². The van der Waals surface area contributed by atoms with Crippen molar-refractivity contribution in [1.82, 2.24) is 0 Å². The summed E-state index contributed by atoms with van der Waals surface area (Å²) >= 11 is 0. The lowest BCUT2D eigenvalue weighted by atomic mass is 10.0. The second kappa shape index (κ2) is 12.6. The lowest BCUT2D eigenvalue weighted by molar-refractivity contribution is 0.398. The molecule has 0 saturated heterocycles. The molecule has 1 aromatic carbocycles. The van der Waals surface area contributed by atoms with E-state index in [0.29, 0.717) is 0 Å². The lowest BCUT2D eigenvalue weighted by Crippen LogP contribution is -1.87. The number of para-hydroxylation sites is 1. The van der Waals surface area contributed by atoms with E-state index in [1.807, 2.05) is 12.1 Å². The monoisotopic (exact) mass is 314 g/mol. The van der Waals surface area contributed by atoms with E-state index < -0.39 is 0 Å². The Morgan fingerprint density at radius 3 is 2.35 bits per heavy atom. The summed E-state index contributed by atoms with van der Waals surface area (Å²) in [6, 6.07) is 5.17. The van der Waals surface area contributed by atoms with Crippen LogP contribution >= 0.6 is 0 Å². The van der Waals surface area contributed by atoms with Crippen LogP contribution in [0.4, 0.5) is 0 Å². The van der Waals surface area contributed by atoms with E-state index in [2.05, 4.69) is 30.9 Å². The Kier molecular flexibility index (Phi) is 10.4. The van der Waals surface area contributed by atoms with E-state index in [9.17, 15) is 10.2 Å². The molecule has 0 unspecified atom stereocenters. The average Bonchev–Trinajstić information content (AvgIpc) is 2.55. The predicted molar refractivity (Wildman–Crippen MR) is 98.9 cm³/mol. The van der Waals surface area contributed by atoms with Crippen molar-refractivity contribution < 1.29 is 10.2 Å². The van der Waals surface area contributed by atoms with Gasteiger partial charge in [-0.1, -0.05) is 61.8 Å². The fraction of sp³-hybridized carbons (Fsp3) is 0.429. The van der Waals surface area contributed by atoms with Gasteiger partial charge in [-0.25, -0.2) is 0 Å². The Morgan fingerprint density at radius 1 is 0.826 bits per heavy atom. The molecule has 0 amide bonds. The zero-order chi connectivity index (χ0) is 16.8. The summed E-state index contributed by atoms with van der Waals surface area (Å²) in [6.45, 7) is 3.68. The number of hydrogen-bond acceptors (Lipinski definition) is 2. The Bertz CT molecular complexity index is 501. The first-order chi connectivity index (χ1) is 11.3. The van der Waals surface area contributed by atoms with Crippen LogP contribution in [0.15, 0.2) is 55.2 Å². The van der Waals surface area contributed by atoms with Crippen molar-refractivity contribution in [3.05, 3.63) is 60.7 Å². The van der Waals surface area contributed by atoms with Gasteiger partial charge in [-0.3, -0.25) is 0 Å². The number of rotatable bonds is 12. The molecule has 2 N–H and O–H groups in total. The van der Waals surface area contributed by atoms with E-state index in [-0.39, 0.29) is 11.5 Å². The third-order valence-corrected chi connectivity index (χ3v) is 3.82. The molecule has 0 bridgehead atoms. The SMILES string of the molecule is C=CC/C=C/C/C=C\CCCCCCCc1cccc(O)c1O. The number of aromatic hydroxyl groups is 2. The van der Waals surface area contributed by atoms with Gasteiger partial charge in [0.15, 0.2) is 11.5 Å². The molecule has 0 saturated carbocycles. The van der Waals surface area contributed by atoms with Crippen LogP contribution in [0.3, 0.4) is 0 Å². The molecule has 2 nitrogen and oxygen atoms in total.